The van der Waals surface area contributed by atoms with Crippen LogP contribution in [0.1, 0.15) is 37.0 Å². The van der Waals surface area contributed by atoms with Gasteiger partial charge in [-0.05, 0) is 18.8 Å². The van der Waals surface area contributed by atoms with Crippen molar-refractivity contribution < 1.29 is 13.2 Å². The van der Waals surface area contributed by atoms with Crippen LogP contribution < -0.4 is 5.32 Å². The van der Waals surface area contributed by atoms with Gasteiger partial charge in [-0.15, -0.1) is 10.2 Å². The third kappa shape index (κ3) is 2.36. The van der Waals surface area contributed by atoms with Gasteiger partial charge in [0.2, 0.25) is 0 Å². The number of aryl methyl sites for hydroxylation is 1. The largest absolute Gasteiger partial charge is 0.389 e. The number of nitrogens with one attached hydrogen (secondary N) is 1. The predicted molar refractivity (Wildman–Crippen MR) is 57.9 cm³/mol. The van der Waals surface area contributed by atoms with Gasteiger partial charge in [-0.1, -0.05) is 0 Å². The van der Waals surface area contributed by atoms with Crippen molar-refractivity contribution >= 4 is 0 Å². The zero-order valence-corrected chi connectivity index (χ0v) is 9.87. The lowest BCUT2D eigenvalue weighted by atomic mass is 10.1. The molecular weight excluding hydrogens is 245 g/mol. The van der Waals surface area contributed by atoms with E-state index in [-0.39, 0.29) is 12.5 Å². The SMILES string of the molecule is FC(F)(F)CCc1nnc2n1CCNC2C1CC1. The Morgan fingerprint density at radius 2 is 2.06 bits per heavy atom. The second-order valence-corrected chi connectivity index (χ2v) is 5.01. The van der Waals surface area contributed by atoms with Crippen molar-refractivity contribution in [2.45, 2.75) is 44.4 Å². The van der Waals surface area contributed by atoms with E-state index < -0.39 is 12.6 Å². The van der Waals surface area contributed by atoms with Gasteiger partial charge >= 0.3 is 6.18 Å². The van der Waals surface area contributed by atoms with Crippen LogP contribution in [0, 0.1) is 5.92 Å². The van der Waals surface area contributed by atoms with Gasteiger partial charge in [0.25, 0.3) is 0 Å². The standard InChI is InChI=1S/C11H15F3N4/c12-11(13,14)4-3-8-16-17-10-9(7-1-2-7)15-5-6-18(8)10/h7,9,15H,1-6H2. The van der Waals surface area contributed by atoms with Crippen molar-refractivity contribution in [2.24, 2.45) is 5.92 Å². The smallest absolute Gasteiger partial charge is 0.312 e. The normalized spacial score (nSPS) is 24.1. The maximum atomic E-state index is 12.2. The van der Waals surface area contributed by atoms with Crippen molar-refractivity contribution in [1.29, 1.82) is 0 Å². The van der Waals surface area contributed by atoms with Crippen LogP contribution in [-0.2, 0) is 13.0 Å². The fourth-order valence-corrected chi connectivity index (χ4v) is 2.49. The van der Waals surface area contributed by atoms with E-state index in [1.54, 1.807) is 0 Å². The number of halogens is 3. The molecule has 1 fully saturated rings. The summed E-state index contributed by atoms with van der Waals surface area (Å²) >= 11 is 0. The fourth-order valence-electron chi connectivity index (χ4n) is 2.49. The van der Waals surface area contributed by atoms with E-state index in [1.165, 1.54) is 12.8 Å². The van der Waals surface area contributed by atoms with Crippen LogP contribution >= 0.6 is 0 Å². The van der Waals surface area contributed by atoms with E-state index >= 15 is 0 Å². The molecule has 1 unspecified atom stereocenters. The summed E-state index contributed by atoms with van der Waals surface area (Å²) in [6, 6.07) is 0.186. The molecule has 1 N–H and O–H groups in total. The Balaban J connectivity index is 1.77. The van der Waals surface area contributed by atoms with Gasteiger partial charge in [0.15, 0.2) is 5.82 Å². The second-order valence-electron chi connectivity index (χ2n) is 5.01. The number of fused-ring (bicyclic) bond motifs is 1. The zero-order chi connectivity index (χ0) is 12.8. The first kappa shape index (κ1) is 12.0. The molecule has 1 saturated carbocycles. The van der Waals surface area contributed by atoms with E-state index in [0.29, 0.717) is 18.3 Å². The molecule has 4 nitrogen and oxygen atoms in total. The summed E-state index contributed by atoms with van der Waals surface area (Å²) in [6.07, 6.45) is -2.69. The van der Waals surface area contributed by atoms with Gasteiger partial charge in [0.1, 0.15) is 5.82 Å². The van der Waals surface area contributed by atoms with E-state index in [0.717, 1.165) is 12.4 Å². The highest BCUT2D eigenvalue weighted by Crippen LogP contribution is 2.41. The third-order valence-electron chi connectivity index (χ3n) is 3.56. The quantitative estimate of drug-likeness (QED) is 0.901. The van der Waals surface area contributed by atoms with Gasteiger partial charge < -0.3 is 9.88 Å². The minimum absolute atomic E-state index is 0.0755. The minimum Gasteiger partial charge on any atom is -0.312 e. The summed E-state index contributed by atoms with van der Waals surface area (Å²) in [4.78, 5) is 0. The molecule has 7 heteroatoms. The van der Waals surface area contributed by atoms with Gasteiger partial charge in [-0.25, -0.2) is 0 Å². The summed E-state index contributed by atoms with van der Waals surface area (Å²) in [7, 11) is 0. The van der Waals surface area contributed by atoms with E-state index in [1.807, 2.05) is 4.57 Å². The number of nitrogens with zero attached hydrogens (tertiary/aromatic N) is 3. The summed E-state index contributed by atoms with van der Waals surface area (Å²) < 4.78 is 38.5. The number of aromatic nitrogens is 3. The van der Waals surface area contributed by atoms with Crippen molar-refractivity contribution in [3.63, 3.8) is 0 Å². The molecule has 1 atom stereocenters. The number of hydrogen-bond acceptors (Lipinski definition) is 3. The second kappa shape index (κ2) is 4.22. The predicted octanol–water partition coefficient (Wildman–Crippen LogP) is 1.83. The molecule has 0 radical (unpaired) electrons. The van der Waals surface area contributed by atoms with Crippen molar-refractivity contribution in [3.05, 3.63) is 11.6 Å². The van der Waals surface area contributed by atoms with Crippen LogP contribution in [0.3, 0.4) is 0 Å². The molecule has 1 aliphatic heterocycles. The highest BCUT2D eigenvalue weighted by atomic mass is 19.4. The van der Waals surface area contributed by atoms with Crippen LogP contribution in [0.15, 0.2) is 0 Å². The van der Waals surface area contributed by atoms with Gasteiger partial charge in [0, 0.05) is 19.5 Å². The number of alkyl halides is 3. The van der Waals surface area contributed by atoms with Crippen molar-refractivity contribution in [2.75, 3.05) is 6.54 Å². The molecule has 1 aromatic rings. The minimum atomic E-state index is -4.13. The first-order valence-corrected chi connectivity index (χ1v) is 6.27. The average molecular weight is 260 g/mol. The van der Waals surface area contributed by atoms with E-state index in [2.05, 4.69) is 15.5 Å². The first-order valence-electron chi connectivity index (χ1n) is 6.27. The summed E-state index contributed by atoms with van der Waals surface area (Å²) in [5.74, 6) is 1.87. The molecule has 100 valence electrons. The highest BCUT2D eigenvalue weighted by Gasteiger charge is 2.38. The molecule has 1 aliphatic carbocycles. The summed E-state index contributed by atoms with van der Waals surface area (Å²) in [5.41, 5.74) is 0. The molecular formula is C11H15F3N4. The fraction of sp³-hybridized carbons (Fsp3) is 0.818. The monoisotopic (exact) mass is 260 g/mol. The Kier molecular flexibility index (Phi) is 2.80. The molecule has 3 rings (SSSR count). The lowest BCUT2D eigenvalue weighted by Crippen LogP contribution is -2.35. The molecule has 0 aromatic carbocycles. The first-order chi connectivity index (χ1) is 8.54. The molecule has 1 aromatic heterocycles. The molecule has 18 heavy (non-hydrogen) atoms. The van der Waals surface area contributed by atoms with Crippen LogP contribution in [0.2, 0.25) is 0 Å². The lowest BCUT2D eigenvalue weighted by molar-refractivity contribution is -0.134. The Bertz CT molecular complexity index is 436. The molecule has 0 spiro atoms. The van der Waals surface area contributed by atoms with Crippen LogP contribution in [0.4, 0.5) is 13.2 Å². The molecule has 2 heterocycles. The number of rotatable bonds is 3. The molecule has 0 bridgehead atoms. The topological polar surface area (TPSA) is 42.7 Å². The summed E-state index contributed by atoms with van der Waals surface area (Å²) in [6.45, 7) is 1.45. The van der Waals surface area contributed by atoms with Gasteiger partial charge in [-0.2, -0.15) is 13.2 Å². The van der Waals surface area contributed by atoms with Gasteiger partial charge in [-0.3, -0.25) is 0 Å². The van der Waals surface area contributed by atoms with Crippen molar-refractivity contribution in [3.8, 4) is 0 Å². The average Bonchev–Trinajstić information content (AvgIpc) is 3.06. The highest BCUT2D eigenvalue weighted by molar-refractivity contribution is 5.09. The molecule has 0 amide bonds. The molecule has 0 saturated heterocycles. The van der Waals surface area contributed by atoms with Gasteiger partial charge in [0.05, 0.1) is 12.5 Å². The third-order valence-corrected chi connectivity index (χ3v) is 3.56. The zero-order valence-electron chi connectivity index (χ0n) is 9.87. The Morgan fingerprint density at radius 3 is 2.72 bits per heavy atom. The Hall–Kier alpha value is -1.11. The summed E-state index contributed by atoms with van der Waals surface area (Å²) in [5, 5.41) is 11.4. The lowest BCUT2D eigenvalue weighted by Gasteiger charge is -2.25. The van der Waals surface area contributed by atoms with Crippen LogP contribution in [0.5, 0.6) is 0 Å². The van der Waals surface area contributed by atoms with E-state index in [9.17, 15) is 13.2 Å². The Morgan fingerprint density at radius 1 is 1.28 bits per heavy atom. The van der Waals surface area contributed by atoms with E-state index in [4.69, 9.17) is 0 Å². The van der Waals surface area contributed by atoms with Crippen LogP contribution in [-0.4, -0.2) is 27.5 Å². The van der Waals surface area contributed by atoms with Crippen LogP contribution in [0.25, 0.3) is 0 Å². The maximum absolute atomic E-state index is 12.2. The van der Waals surface area contributed by atoms with Crippen molar-refractivity contribution in [1.82, 2.24) is 20.1 Å². The maximum Gasteiger partial charge on any atom is 0.389 e. The molecule has 2 aliphatic rings. The Labute approximate surface area is 103 Å². The number of hydrogen-bond donors (Lipinski definition) is 1.